The number of aromatic nitrogens is 2. The summed E-state index contributed by atoms with van der Waals surface area (Å²) in [6.07, 6.45) is 3.67. The minimum absolute atomic E-state index is 0.470. The molecule has 0 bridgehead atoms. The summed E-state index contributed by atoms with van der Waals surface area (Å²) in [6, 6.07) is 13.3. The molecule has 1 aromatic carbocycles. The topological polar surface area (TPSA) is 72.0 Å². The molecule has 4 heterocycles. The highest BCUT2D eigenvalue weighted by Crippen LogP contribution is 2.28. The number of thiocarbonyl (C=S) groups is 1. The highest BCUT2D eigenvalue weighted by atomic mass is 32.1. The van der Waals surface area contributed by atoms with Crippen molar-refractivity contribution in [2.45, 2.75) is 32.2 Å². The van der Waals surface area contributed by atoms with E-state index >= 15 is 0 Å². The maximum atomic E-state index is 5.62. The smallest absolute Gasteiger partial charge is 0.232 e. The summed E-state index contributed by atoms with van der Waals surface area (Å²) < 4.78 is 5.44. The van der Waals surface area contributed by atoms with E-state index in [2.05, 4.69) is 73.6 Å². The van der Waals surface area contributed by atoms with Crippen LogP contribution in [-0.4, -0.2) is 98.1 Å². The zero-order valence-electron chi connectivity index (χ0n) is 21.9. The van der Waals surface area contributed by atoms with Gasteiger partial charge in [0.15, 0.2) is 5.11 Å². The third-order valence-corrected chi connectivity index (χ3v) is 7.81. The number of rotatable bonds is 7. The largest absolute Gasteiger partial charge is 0.379 e. The van der Waals surface area contributed by atoms with Crippen LogP contribution in [0.15, 0.2) is 36.4 Å². The van der Waals surface area contributed by atoms with Crippen LogP contribution >= 0.6 is 12.2 Å². The molecule has 2 aromatic rings. The Morgan fingerprint density at radius 2 is 1.68 bits per heavy atom. The predicted octanol–water partition coefficient (Wildman–Crippen LogP) is 2.80. The minimum atomic E-state index is 0.470. The first-order valence-corrected chi connectivity index (χ1v) is 14.1. The van der Waals surface area contributed by atoms with Crippen LogP contribution in [0.2, 0.25) is 0 Å². The quantitative estimate of drug-likeness (QED) is 0.529. The number of hydrogen-bond donors (Lipinski definition) is 2. The lowest BCUT2D eigenvalue weighted by Crippen LogP contribution is -2.47. The van der Waals surface area contributed by atoms with Gasteiger partial charge in [0.05, 0.1) is 13.2 Å². The third kappa shape index (κ3) is 7.00. The van der Waals surface area contributed by atoms with E-state index in [1.54, 1.807) is 0 Å². The van der Waals surface area contributed by atoms with Crippen molar-refractivity contribution in [1.29, 1.82) is 0 Å². The number of nitrogens with one attached hydrogen (secondary N) is 2. The maximum Gasteiger partial charge on any atom is 0.232 e. The summed E-state index contributed by atoms with van der Waals surface area (Å²) >= 11 is 5.62. The lowest BCUT2D eigenvalue weighted by molar-refractivity contribution is 0.0389. The first-order valence-electron chi connectivity index (χ1n) is 13.7. The van der Waals surface area contributed by atoms with Crippen molar-refractivity contribution >= 4 is 40.6 Å². The van der Waals surface area contributed by atoms with Crippen LogP contribution in [0.5, 0.6) is 0 Å². The molecule has 37 heavy (non-hydrogen) atoms. The summed E-state index contributed by atoms with van der Waals surface area (Å²) in [7, 11) is 0. The molecule has 9 nitrogen and oxygen atoms in total. The van der Waals surface area contributed by atoms with E-state index in [-0.39, 0.29) is 0 Å². The summed E-state index contributed by atoms with van der Waals surface area (Å²) in [4.78, 5) is 19.5. The van der Waals surface area contributed by atoms with Crippen molar-refractivity contribution in [2.24, 2.45) is 0 Å². The van der Waals surface area contributed by atoms with Crippen molar-refractivity contribution in [3.05, 3.63) is 36.4 Å². The molecule has 0 unspecified atom stereocenters. The Labute approximate surface area is 226 Å². The molecule has 3 fully saturated rings. The first kappa shape index (κ1) is 25.9. The van der Waals surface area contributed by atoms with Gasteiger partial charge in [0.1, 0.15) is 11.6 Å². The number of ether oxygens (including phenoxy) is 1. The van der Waals surface area contributed by atoms with Crippen LogP contribution in [-0.2, 0) is 4.74 Å². The second kappa shape index (κ2) is 12.7. The normalized spacial score (nSPS) is 21.1. The Morgan fingerprint density at radius 3 is 2.43 bits per heavy atom. The van der Waals surface area contributed by atoms with Crippen molar-refractivity contribution in [3.63, 3.8) is 0 Å². The summed E-state index contributed by atoms with van der Waals surface area (Å²) in [6.45, 7) is 12.4. The number of anilines is 4. The van der Waals surface area contributed by atoms with Gasteiger partial charge in [-0.3, -0.25) is 4.90 Å². The molecule has 3 aliphatic heterocycles. The molecular weight excluding hydrogens is 484 g/mol. The summed E-state index contributed by atoms with van der Waals surface area (Å²) in [5, 5.41) is 7.18. The van der Waals surface area contributed by atoms with Crippen LogP contribution in [0.3, 0.4) is 0 Å². The van der Waals surface area contributed by atoms with Crippen LogP contribution in [0.1, 0.15) is 26.2 Å². The van der Waals surface area contributed by atoms with E-state index in [4.69, 9.17) is 26.9 Å². The predicted molar refractivity (Wildman–Crippen MR) is 155 cm³/mol. The van der Waals surface area contributed by atoms with E-state index in [9.17, 15) is 0 Å². The van der Waals surface area contributed by atoms with Gasteiger partial charge in [0.25, 0.3) is 0 Å². The van der Waals surface area contributed by atoms with Crippen molar-refractivity contribution in [1.82, 2.24) is 20.2 Å². The van der Waals surface area contributed by atoms with Crippen LogP contribution in [0.4, 0.5) is 23.3 Å². The molecule has 3 aliphatic rings. The first-order chi connectivity index (χ1) is 18.2. The molecule has 10 heteroatoms. The maximum absolute atomic E-state index is 5.62. The Balaban J connectivity index is 1.26. The zero-order chi connectivity index (χ0) is 25.5. The number of hydrogen-bond acceptors (Lipinski definition) is 8. The summed E-state index contributed by atoms with van der Waals surface area (Å²) in [5.74, 6) is 2.52. The molecule has 5 rings (SSSR count). The second-order valence-corrected chi connectivity index (χ2v) is 10.5. The van der Waals surface area contributed by atoms with Gasteiger partial charge >= 0.3 is 0 Å². The molecule has 0 aliphatic carbocycles. The number of para-hydroxylation sites is 1. The van der Waals surface area contributed by atoms with Crippen molar-refractivity contribution in [2.75, 3.05) is 92.1 Å². The highest BCUT2D eigenvalue weighted by Gasteiger charge is 2.24. The van der Waals surface area contributed by atoms with Crippen LogP contribution in [0.25, 0.3) is 0 Å². The van der Waals surface area contributed by atoms with Gasteiger partial charge in [-0.15, -0.1) is 0 Å². The van der Waals surface area contributed by atoms with Gasteiger partial charge in [-0.05, 0) is 50.5 Å². The van der Waals surface area contributed by atoms with E-state index in [1.807, 2.05) is 0 Å². The van der Waals surface area contributed by atoms with Gasteiger partial charge in [0, 0.05) is 76.7 Å². The molecule has 200 valence electrons. The standard InChI is InChI=1S/C27H40N8OS/c1-22-7-5-6-11-35(22)25-21-24(34-15-13-33(14-16-34)23-8-3-2-4-9-23)29-26(30-25)31-27(37)28-10-12-32-17-19-36-20-18-32/h2-4,8-9,21-22H,5-7,10-20H2,1H3,(H2,28,29,30,31,37)/t22-/m0/s1. The van der Waals surface area contributed by atoms with Crippen LogP contribution in [0, 0.1) is 0 Å². The SMILES string of the molecule is C[C@H]1CCCCN1c1cc(N2CCN(c3ccccc3)CC2)nc(NC(=S)NCCN2CCOCC2)n1. The number of piperidine rings is 1. The fourth-order valence-electron chi connectivity index (χ4n) is 5.36. The number of nitrogens with zero attached hydrogens (tertiary/aromatic N) is 6. The lowest BCUT2D eigenvalue weighted by atomic mass is 10.0. The molecule has 0 radical (unpaired) electrons. The number of benzene rings is 1. The fourth-order valence-corrected chi connectivity index (χ4v) is 5.55. The van der Waals surface area contributed by atoms with E-state index in [1.165, 1.54) is 24.9 Å². The van der Waals surface area contributed by atoms with Gasteiger partial charge in [-0.2, -0.15) is 9.97 Å². The highest BCUT2D eigenvalue weighted by molar-refractivity contribution is 7.80. The minimum Gasteiger partial charge on any atom is -0.379 e. The van der Waals surface area contributed by atoms with Gasteiger partial charge in [0.2, 0.25) is 5.95 Å². The molecule has 0 saturated carbocycles. The van der Waals surface area contributed by atoms with Crippen molar-refractivity contribution in [3.8, 4) is 0 Å². The molecule has 2 N–H and O–H groups in total. The van der Waals surface area contributed by atoms with Gasteiger partial charge in [-0.25, -0.2) is 0 Å². The van der Waals surface area contributed by atoms with E-state index < -0.39 is 0 Å². The molecule has 0 amide bonds. The third-order valence-electron chi connectivity index (χ3n) is 7.56. The van der Waals surface area contributed by atoms with Crippen LogP contribution < -0.4 is 25.3 Å². The van der Waals surface area contributed by atoms with E-state index in [0.29, 0.717) is 17.1 Å². The van der Waals surface area contributed by atoms with Crippen molar-refractivity contribution < 1.29 is 4.74 Å². The fraction of sp³-hybridized carbons (Fsp3) is 0.593. The molecule has 1 aromatic heterocycles. The van der Waals surface area contributed by atoms with Gasteiger partial charge in [-0.1, -0.05) is 18.2 Å². The molecule has 0 spiro atoms. The Hall–Kier alpha value is -2.69. The number of piperazine rings is 1. The Bertz CT molecular complexity index is 1010. The zero-order valence-corrected chi connectivity index (χ0v) is 22.8. The lowest BCUT2D eigenvalue weighted by Gasteiger charge is -2.38. The monoisotopic (exact) mass is 524 g/mol. The van der Waals surface area contributed by atoms with Gasteiger partial charge < -0.3 is 30.1 Å². The van der Waals surface area contributed by atoms with E-state index in [0.717, 1.165) is 83.8 Å². The Kier molecular flexibility index (Phi) is 8.91. The second-order valence-electron chi connectivity index (χ2n) is 10.1. The summed E-state index contributed by atoms with van der Waals surface area (Å²) in [5.41, 5.74) is 1.28. The average Bonchev–Trinajstić information content (AvgIpc) is 2.94. The number of morpholine rings is 1. The molecular formula is C27H40N8OS. The molecule has 3 saturated heterocycles. The Morgan fingerprint density at radius 1 is 0.946 bits per heavy atom. The molecule has 1 atom stereocenters. The average molecular weight is 525 g/mol.